The fourth-order valence-corrected chi connectivity index (χ4v) is 4.06. The fraction of sp³-hybridized carbons (Fsp3) is 0.667. The maximum Gasteiger partial charge on any atom is 0.343 e. The molecule has 3 aliphatic heterocycles. The lowest BCUT2D eigenvalue weighted by molar-refractivity contribution is -0.171. The van der Waals surface area contributed by atoms with Gasteiger partial charge in [-0.05, 0) is 39.7 Å². The van der Waals surface area contributed by atoms with Crippen LogP contribution in [0.25, 0.3) is 0 Å². The fourth-order valence-electron chi connectivity index (χ4n) is 3.95. The maximum atomic E-state index is 12.6. The highest BCUT2D eigenvalue weighted by molar-refractivity contribution is 6.20. The predicted octanol–water partition coefficient (Wildman–Crippen LogP) is 1.28. The molecule has 9 nitrogen and oxygen atoms in total. The Morgan fingerprint density at radius 1 is 1.39 bits per heavy atom. The highest BCUT2D eigenvalue weighted by Crippen LogP contribution is 2.45. The Morgan fingerprint density at radius 2 is 2.06 bits per heavy atom. The SMILES string of the molecule is CC(=O)OCC1=C2/C(=C\[C@@]3(C)CC[C@H](O3)[C@](C)(O)C[C@@H]2OC(=O)C(C)(O)CCl)OC1=O. The van der Waals surface area contributed by atoms with Crippen LogP contribution in [0.3, 0.4) is 0 Å². The van der Waals surface area contributed by atoms with Gasteiger partial charge in [-0.1, -0.05) is 0 Å². The third-order valence-electron chi connectivity index (χ3n) is 5.77. The van der Waals surface area contributed by atoms with Gasteiger partial charge in [-0.25, -0.2) is 9.59 Å². The van der Waals surface area contributed by atoms with E-state index >= 15 is 0 Å². The van der Waals surface area contributed by atoms with Gasteiger partial charge in [0.05, 0.1) is 28.8 Å². The second-order valence-electron chi connectivity index (χ2n) is 8.89. The van der Waals surface area contributed by atoms with Crippen LogP contribution < -0.4 is 0 Å². The van der Waals surface area contributed by atoms with E-state index in [1.807, 2.05) is 0 Å². The average molecular weight is 459 g/mol. The molecule has 0 aromatic rings. The molecule has 1 saturated heterocycles. The summed E-state index contributed by atoms with van der Waals surface area (Å²) in [6.45, 7) is 5.35. The largest absolute Gasteiger partial charge is 0.461 e. The minimum Gasteiger partial charge on any atom is -0.461 e. The van der Waals surface area contributed by atoms with E-state index in [1.54, 1.807) is 19.9 Å². The molecule has 0 spiro atoms. The van der Waals surface area contributed by atoms with Crippen molar-refractivity contribution in [2.24, 2.45) is 0 Å². The van der Waals surface area contributed by atoms with Gasteiger partial charge in [0.15, 0.2) is 5.60 Å². The van der Waals surface area contributed by atoms with E-state index in [-0.39, 0.29) is 23.3 Å². The molecule has 172 valence electrons. The zero-order valence-electron chi connectivity index (χ0n) is 17.9. The normalized spacial score (nSPS) is 36.2. The number of rotatable bonds is 5. The molecule has 3 heterocycles. The Hall–Kier alpha value is -1.94. The lowest BCUT2D eigenvalue weighted by Crippen LogP contribution is -2.46. The Bertz CT molecular complexity index is 857. The molecule has 0 amide bonds. The molecule has 0 aromatic carbocycles. The van der Waals surface area contributed by atoms with Gasteiger partial charge in [0, 0.05) is 18.9 Å². The highest BCUT2D eigenvalue weighted by atomic mass is 35.5. The number of alkyl halides is 1. The van der Waals surface area contributed by atoms with Crippen molar-refractivity contribution in [1.82, 2.24) is 0 Å². The molecular weight excluding hydrogens is 432 g/mol. The van der Waals surface area contributed by atoms with E-state index in [9.17, 15) is 24.6 Å². The molecule has 0 aliphatic carbocycles. The zero-order chi connectivity index (χ0) is 23.2. The van der Waals surface area contributed by atoms with Crippen molar-refractivity contribution in [3.05, 3.63) is 23.0 Å². The van der Waals surface area contributed by atoms with E-state index < -0.39 is 59.4 Å². The first-order valence-corrected chi connectivity index (χ1v) is 10.5. The first-order valence-electron chi connectivity index (χ1n) is 9.99. The van der Waals surface area contributed by atoms with Crippen LogP contribution in [0.5, 0.6) is 0 Å². The summed E-state index contributed by atoms with van der Waals surface area (Å²) in [5.74, 6) is -2.71. The van der Waals surface area contributed by atoms with E-state index in [0.29, 0.717) is 12.8 Å². The summed E-state index contributed by atoms with van der Waals surface area (Å²) in [6, 6.07) is 0. The van der Waals surface area contributed by atoms with Crippen molar-refractivity contribution in [1.29, 1.82) is 0 Å². The van der Waals surface area contributed by atoms with Gasteiger partial charge >= 0.3 is 17.9 Å². The Kier molecular flexibility index (Phi) is 6.27. The predicted molar refractivity (Wildman–Crippen MR) is 107 cm³/mol. The summed E-state index contributed by atoms with van der Waals surface area (Å²) in [4.78, 5) is 36.5. The number of halogens is 1. The van der Waals surface area contributed by atoms with Gasteiger partial charge < -0.3 is 29.2 Å². The number of esters is 3. The van der Waals surface area contributed by atoms with Crippen molar-refractivity contribution in [2.45, 2.75) is 76.0 Å². The van der Waals surface area contributed by atoms with Gasteiger partial charge in [0.2, 0.25) is 0 Å². The summed E-state index contributed by atoms with van der Waals surface area (Å²) in [7, 11) is 0. The molecule has 0 saturated carbocycles. The molecule has 31 heavy (non-hydrogen) atoms. The topological polar surface area (TPSA) is 129 Å². The van der Waals surface area contributed by atoms with E-state index in [1.165, 1.54) is 13.8 Å². The van der Waals surface area contributed by atoms with Gasteiger partial charge in [-0.15, -0.1) is 11.6 Å². The molecule has 2 bridgehead atoms. The number of aliphatic hydroxyl groups is 2. The average Bonchev–Trinajstić information content (AvgIpc) is 3.19. The first kappa shape index (κ1) is 23.7. The third kappa shape index (κ3) is 4.79. The molecular formula is C21H27ClO9. The van der Waals surface area contributed by atoms with Crippen LogP contribution in [0, 0.1) is 0 Å². The molecule has 0 aromatic heterocycles. The Labute approximate surface area is 184 Å². The van der Waals surface area contributed by atoms with Crippen molar-refractivity contribution in [2.75, 3.05) is 12.5 Å². The summed E-state index contributed by atoms with van der Waals surface area (Å²) >= 11 is 5.68. The zero-order valence-corrected chi connectivity index (χ0v) is 18.7. The van der Waals surface area contributed by atoms with Crippen molar-refractivity contribution in [3.8, 4) is 0 Å². The van der Waals surface area contributed by atoms with Crippen LogP contribution in [-0.2, 0) is 33.3 Å². The van der Waals surface area contributed by atoms with E-state index in [4.69, 9.17) is 30.5 Å². The summed E-state index contributed by atoms with van der Waals surface area (Å²) in [5, 5.41) is 21.4. The second kappa shape index (κ2) is 8.20. The number of hydrogen-bond donors (Lipinski definition) is 2. The van der Waals surface area contributed by atoms with Crippen LogP contribution in [0.1, 0.15) is 47.0 Å². The lowest BCUT2D eigenvalue weighted by atomic mass is 9.84. The molecule has 0 radical (unpaired) electrons. The number of carbonyl (C=O) groups is 3. The van der Waals surface area contributed by atoms with Crippen LogP contribution >= 0.6 is 11.6 Å². The van der Waals surface area contributed by atoms with Crippen LogP contribution in [0.15, 0.2) is 23.0 Å². The standard InChI is InChI=1S/C21H27ClO9/c1-11(23)28-9-12-16-13(29-17(12)24)7-19(2)6-5-15(31-19)20(3,26)8-14(16)30-18(25)21(4,27)10-22/h7,14-15,26-27H,5-6,8-10H2,1-4H3/b13-7+/t14-,15-,19+,20+,21?/m0/s1. The molecule has 10 heteroatoms. The van der Waals surface area contributed by atoms with E-state index in [0.717, 1.165) is 0 Å². The lowest BCUT2D eigenvalue weighted by Gasteiger charge is -2.34. The number of hydrogen-bond acceptors (Lipinski definition) is 9. The van der Waals surface area contributed by atoms with Gasteiger partial charge in [0.1, 0.15) is 18.5 Å². The van der Waals surface area contributed by atoms with Crippen LogP contribution in [-0.4, -0.2) is 69.6 Å². The minimum atomic E-state index is -1.99. The molecule has 2 N–H and O–H groups in total. The molecule has 5 atom stereocenters. The maximum absolute atomic E-state index is 12.6. The quantitative estimate of drug-likeness (QED) is 0.355. The number of carbonyl (C=O) groups excluding carboxylic acids is 3. The third-order valence-corrected chi connectivity index (χ3v) is 6.29. The van der Waals surface area contributed by atoms with Gasteiger partial charge in [0.25, 0.3) is 0 Å². The molecule has 3 rings (SSSR count). The highest BCUT2D eigenvalue weighted by Gasteiger charge is 2.51. The first-order chi connectivity index (χ1) is 14.3. The van der Waals surface area contributed by atoms with Crippen molar-refractivity contribution < 1.29 is 43.5 Å². The van der Waals surface area contributed by atoms with Crippen LogP contribution in [0.2, 0.25) is 0 Å². The van der Waals surface area contributed by atoms with Gasteiger partial charge in [-0.3, -0.25) is 4.79 Å². The second-order valence-corrected chi connectivity index (χ2v) is 9.16. The number of fused-ring (bicyclic) bond motifs is 3. The van der Waals surface area contributed by atoms with E-state index in [2.05, 4.69) is 0 Å². The Morgan fingerprint density at radius 3 is 2.68 bits per heavy atom. The van der Waals surface area contributed by atoms with Crippen molar-refractivity contribution in [3.63, 3.8) is 0 Å². The molecule has 3 aliphatic rings. The Balaban J connectivity index is 2.12. The summed E-state index contributed by atoms with van der Waals surface area (Å²) in [6.07, 6.45) is 0.837. The smallest absolute Gasteiger partial charge is 0.343 e. The summed E-state index contributed by atoms with van der Waals surface area (Å²) in [5.41, 5.74) is -4.10. The summed E-state index contributed by atoms with van der Waals surface area (Å²) < 4.78 is 22.0. The van der Waals surface area contributed by atoms with Crippen molar-refractivity contribution >= 4 is 29.5 Å². The molecule has 1 unspecified atom stereocenters. The minimum absolute atomic E-state index is 0.0121. The number of ether oxygens (including phenoxy) is 4. The monoisotopic (exact) mass is 458 g/mol. The van der Waals surface area contributed by atoms with Crippen LogP contribution in [0.4, 0.5) is 0 Å². The molecule has 1 fully saturated rings. The van der Waals surface area contributed by atoms with Gasteiger partial charge in [-0.2, -0.15) is 0 Å².